The number of amides is 1. The van der Waals surface area contributed by atoms with Crippen LogP contribution < -0.4 is 11.1 Å². The number of nitrogens with two attached hydrogens (primary N) is 1. The number of hydrogen-bond donors (Lipinski definition) is 2. The topological polar surface area (TPSA) is 76.2 Å². The Balaban J connectivity index is 2.26. The maximum atomic E-state index is 12.5. The molecule has 0 aliphatic heterocycles. The second-order valence-corrected chi connectivity index (χ2v) is 5.92. The lowest BCUT2D eigenvalue weighted by molar-refractivity contribution is 0.0799. The quantitative estimate of drug-likeness (QED) is 0.813. The summed E-state index contributed by atoms with van der Waals surface area (Å²) in [7, 11) is 5.59. The summed E-state index contributed by atoms with van der Waals surface area (Å²) in [5, 5.41) is 8.31. The van der Waals surface area contributed by atoms with Gasteiger partial charge in [0, 0.05) is 20.6 Å². The van der Waals surface area contributed by atoms with Gasteiger partial charge in [0.25, 0.3) is 5.91 Å². The van der Waals surface area contributed by atoms with E-state index in [0.717, 1.165) is 28.9 Å². The average Bonchev–Trinajstić information content (AvgIpc) is 2.88. The first kappa shape index (κ1) is 14.8. The molecule has 0 saturated heterocycles. The van der Waals surface area contributed by atoms with E-state index in [9.17, 15) is 4.79 Å². The normalized spacial score (nSPS) is 11.2. The molecule has 7 heteroatoms. The number of fused-ring (bicyclic) bond motifs is 1. The Morgan fingerprint density at radius 2 is 2.25 bits per heavy atom. The minimum atomic E-state index is -0.0146. The highest BCUT2D eigenvalue weighted by atomic mass is 32.1. The Morgan fingerprint density at radius 1 is 1.55 bits per heavy atom. The molecule has 3 N–H and O–H groups in total. The van der Waals surface area contributed by atoms with Gasteiger partial charge in [-0.15, -0.1) is 11.3 Å². The average molecular weight is 295 g/mol. The van der Waals surface area contributed by atoms with Crippen molar-refractivity contribution in [2.75, 3.05) is 32.9 Å². The van der Waals surface area contributed by atoms with Crippen molar-refractivity contribution >= 4 is 33.1 Å². The first-order valence-corrected chi connectivity index (χ1v) is 7.40. The van der Waals surface area contributed by atoms with E-state index in [1.807, 2.05) is 28.1 Å². The highest BCUT2D eigenvalue weighted by Gasteiger charge is 2.22. The van der Waals surface area contributed by atoms with Crippen LogP contribution in [0.1, 0.15) is 21.8 Å². The fraction of sp³-hybridized carbons (Fsp3) is 0.538. The summed E-state index contributed by atoms with van der Waals surface area (Å²) in [5.74, 6) is -0.0146. The third kappa shape index (κ3) is 2.51. The number of rotatable bonds is 5. The Hall–Kier alpha value is -1.60. The zero-order valence-electron chi connectivity index (χ0n) is 12.4. The van der Waals surface area contributed by atoms with Crippen LogP contribution in [-0.4, -0.2) is 47.8 Å². The van der Waals surface area contributed by atoms with Gasteiger partial charge < -0.3 is 16.0 Å². The maximum absolute atomic E-state index is 12.5. The lowest BCUT2D eigenvalue weighted by Gasteiger charge is -2.16. The predicted octanol–water partition coefficient (Wildman–Crippen LogP) is 1.21. The zero-order chi connectivity index (χ0) is 14.9. The second kappa shape index (κ2) is 5.80. The molecule has 0 aliphatic carbocycles. The lowest BCUT2D eigenvalue weighted by atomic mass is 10.2. The van der Waals surface area contributed by atoms with E-state index >= 15 is 0 Å². The van der Waals surface area contributed by atoms with Crippen LogP contribution in [0.4, 0.5) is 5.69 Å². The Bertz CT molecular complexity index is 630. The van der Waals surface area contributed by atoms with Crippen LogP contribution in [0.25, 0.3) is 10.2 Å². The predicted molar refractivity (Wildman–Crippen MR) is 83.2 cm³/mol. The Morgan fingerprint density at radius 3 is 2.85 bits per heavy atom. The molecule has 2 aromatic rings. The number of nitrogens with zero attached hydrogens (tertiary/aromatic N) is 3. The molecule has 20 heavy (non-hydrogen) atoms. The van der Waals surface area contributed by atoms with Crippen molar-refractivity contribution in [2.24, 2.45) is 7.05 Å². The van der Waals surface area contributed by atoms with Gasteiger partial charge in [0.2, 0.25) is 0 Å². The van der Waals surface area contributed by atoms with Crippen LogP contribution in [0.5, 0.6) is 0 Å². The molecule has 0 atom stereocenters. The number of hydrogen-bond acceptors (Lipinski definition) is 5. The van der Waals surface area contributed by atoms with Crippen molar-refractivity contribution in [1.82, 2.24) is 20.0 Å². The second-order valence-electron chi connectivity index (χ2n) is 4.92. The summed E-state index contributed by atoms with van der Waals surface area (Å²) in [6, 6.07) is 0. The lowest BCUT2D eigenvalue weighted by Crippen LogP contribution is -2.29. The third-order valence-corrected chi connectivity index (χ3v) is 4.60. The number of anilines is 1. The van der Waals surface area contributed by atoms with Gasteiger partial charge in [0.15, 0.2) is 0 Å². The molecule has 0 bridgehead atoms. The highest BCUT2D eigenvalue weighted by Crippen LogP contribution is 2.35. The van der Waals surface area contributed by atoms with Crippen LogP contribution in [-0.2, 0) is 7.05 Å². The minimum absolute atomic E-state index is 0.0146. The van der Waals surface area contributed by atoms with Gasteiger partial charge in [0.1, 0.15) is 9.71 Å². The minimum Gasteiger partial charge on any atom is -0.397 e. The van der Waals surface area contributed by atoms with Crippen LogP contribution in [0.2, 0.25) is 0 Å². The fourth-order valence-electron chi connectivity index (χ4n) is 2.26. The first-order chi connectivity index (χ1) is 9.47. The van der Waals surface area contributed by atoms with Gasteiger partial charge in [0.05, 0.1) is 16.8 Å². The molecule has 2 aromatic heterocycles. The summed E-state index contributed by atoms with van der Waals surface area (Å²) in [5.41, 5.74) is 7.57. The van der Waals surface area contributed by atoms with Crippen molar-refractivity contribution in [3.63, 3.8) is 0 Å². The van der Waals surface area contributed by atoms with Crippen molar-refractivity contribution in [2.45, 2.75) is 13.3 Å². The van der Waals surface area contributed by atoms with E-state index in [0.29, 0.717) is 17.1 Å². The molecule has 1 amide bonds. The number of nitrogens with one attached hydrogen (secondary N) is 1. The summed E-state index contributed by atoms with van der Waals surface area (Å²) >= 11 is 1.42. The van der Waals surface area contributed by atoms with E-state index in [4.69, 9.17) is 5.73 Å². The smallest absolute Gasteiger partial charge is 0.265 e. The molecule has 0 fully saturated rings. The third-order valence-electron chi connectivity index (χ3n) is 3.34. The Kier molecular flexibility index (Phi) is 4.29. The maximum Gasteiger partial charge on any atom is 0.265 e. The molecule has 0 radical (unpaired) electrons. The summed E-state index contributed by atoms with van der Waals surface area (Å²) in [6.45, 7) is 3.52. The van der Waals surface area contributed by atoms with Crippen LogP contribution >= 0.6 is 11.3 Å². The molecular weight excluding hydrogens is 274 g/mol. The van der Waals surface area contributed by atoms with E-state index in [-0.39, 0.29) is 5.91 Å². The molecule has 0 spiro atoms. The van der Waals surface area contributed by atoms with Crippen molar-refractivity contribution in [1.29, 1.82) is 0 Å². The number of aryl methyl sites for hydroxylation is 2. The summed E-state index contributed by atoms with van der Waals surface area (Å²) in [6.07, 6.45) is 0.921. The van der Waals surface area contributed by atoms with Crippen LogP contribution in [0, 0.1) is 6.92 Å². The summed E-state index contributed by atoms with van der Waals surface area (Å²) in [4.78, 5) is 15.7. The number of thiophene rings is 1. The van der Waals surface area contributed by atoms with Gasteiger partial charge >= 0.3 is 0 Å². The summed E-state index contributed by atoms with van der Waals surface area (Å²) < 4.78 is 1.78. The molecule has 2 heterocycles. The van der Waals surface area contributed by atoms with E-state index in [1.54, 1.807) is 9.58 Å². The Labute approximate surface area is 122 Å². The molecule has 0 saturated carbocycles. The van der Waals surface area contributed by atoms with E-state index < -0.39 is 0 Å². The molecule has 0 aromatic carbocycles. The molecule has 110 valence electrons. The van der Waals surface area contributed by atoms with E-state index in [1.165, 1.54) is 11.3 Å². The molecular formula is C13H21N5OS. The van der Waals surface area contributed by atoms with Gasteiger partial charge in [-0.1, -0.05) is 0 Å². The molecule has 2 rings (SSSR count). The number of nitrogen functional groups attached to an aromatic ring is 1. The largest absolute Gasteiger partial charge is 0.397 e. The monoisotopic (exact) mass is 295 g/mol. The van der Waals surface area contributed by atoms with Crippen molar-refractivity contribution in [3.05, 3.63) is 10.6 Å². The van der Waals surface area contributed by atoms with Crippen LogP contribution in [0.3, 0.4) is 0 Å². The SMILES string of the molecule is CNCCCN(C)C(=O)c1sc2c(c(C)nn2C)c1N. The highest BCUT2D eigenvalue weighted by molar-refractivity contribution is 7.21. The number of carbonyl (C=O) groups excluding carboxylic acids is 1. The number of aromatic nitrogens is 2. The standard InChI is InChI=1S/C13H21N5OS/c1-8-9-10(14)11(20-13(9)18(4)16-8)12(19)17(3)7-5-6-15-2/h15H,5-7,14H2,1-4H3. The number of carbonyl (C=O) groups is 1. The van der Waals surface area contributed by atoms with Crippen LogP contribution in [0.15, 0.2) is 0 Å². The van der Waals surface area contributed by atoms with Gasteiger partial charge in [-0.2, -0.15) is 5.10 Å². The van der Waals surface area contributed by atoms with Crippen molar-refractivity contribution in [3.8, 4) is 0 Å². The fourth-order valence-corrected chi connectivity index (χ4v) is 3.44. The van der Waals surface area contributed by atoms with Gasteiger partial charge in [-0.05, 0) is 26.9 Å². The molecule has 0 aliphatic rings. The van der Waals surface area contributed by atoms with E-state index in [2.05, 4.69) is 10.4 Å². The van der Waals surface area contributed by atoms with Gasteiger partial charge in [-0.3, -0.25) is 9.48 Å². The zero-order valence-corrected chi connectivity index (χ0v) is 13.2. The molecule has 0 unspecified atom stereocenters. The van der Waals surface area contributed by atoms with Gasteiger partial charge in [-0.25, -0.2) is 0 Å². The van der Waals surface area contributed by atoms with Crippen molar-refractivity contribution < 1.29 is 4.79 Å². The molecule has 6 nitrogen and oxygen atoms in total. The first-order valence-electron chi connectivity index (χ1n) is 6.59.